The fraction of sp³-hybridized carbons (Fsp3) is 0.281. The van der Waals surface area contributed by atoms with E-state index in [1.807, 2.05) is 54.6 Å². The lowest BCUT2D eigenvalue weighted by Crippen LogP contribution is -2.29. The van der Waals surface area contributed by atoms with E-state index in [9.17, 15) is 9.18 Å². The van der Waals surface area contributed by atoms with Crippen molar-refractivity contribution in [1.82, 2.24) is 0 Å². The van der Waals surface area contributed by atoms with E-state index in [1.54, 1.807) is 20.3 Å². The van der Waals surface area contributed by atoms with E-state index in [1.165, 1.54) is 18.6 Å². The van der Waals surface area contributed by atoms with Crippen molar-refractivity contribution in [3.8, 4) is 17.2 Å². The molecule has 7 heteroatoms. The zero-order chi connectivity index (χ0) is 27.2. The van der Waals surface area contributed by atoms with Crippen molar-refractivity contribution < 1.29 is 23.4 Å². The second-order valence-electron chi connectivity index (χ2n) is 9.64. The minimum absolute atomic E-state index is 0.301. The van der Waals surface area contributed by atoms with E-state index < -0.39 is 5.82 Å². The van der Waals surface area contributed by atoms with Crippen molar-refractivity contribution in [1.29, 1.82) is 0 Å². The highest BCUT2D eigenvalue weighted by Crippen LogP contribution is 2.33. The maximum atomic E-state index is 14.5. The predicted octanol–water partition coefficient (Wildman–Crippen LogP) is 6.86. The zero-order valence-corrected chi connectivity index (χ0v) is 22.3. The van der Waals surface area contributed by atoms with Gasteiger partial charge in [-0.2, -0.15) is 0 Å². The predicted molar refractivity (Wildman–Crippen MR) is 153 cm³/mol. The van der Waals surface area contributed by atoms with Crippen LogP contribution >= 0.6 is 0 Å². The Balaban J connectivity index is 1.31. The third kappa shape index (κ3) is 6.08. The van der Waals surface area contributed by atoms with Crippen LogP contribution in [0.15, 0.2) is 72.8 Å². The number of halogens is 1. The van der Waals surface area contributed by atoms with Gasteiger partial charge in [0.25, 0.3) is 5.91 Å². The molecule has 1 amide bonds. The first-order valence-corrected chi connectivity index (χ1v) is 13.3. The third-order valence-electron chi connectivity index (χ3n) is 7.09. The van der Waals surface area contributed by atoms with Crippen LogP contribution in [0.1, 0.15) is 35.2 Å². The molecule has 5 rings (SSSR count). The smallest absolute Gasteiger partial charge is 0.255 e. The molecule has 0 aromatic heterocycles. The van der Waals surface area contributed by atoms with Gasteiger partial charge in [-0.25, -0.2) is 4.39 Å². The average molecular weight is 529 g/mol. The summed E-state index contributed by atoms with van der Waals surface area (Å²) in [4.78, 5) is 15.4. The first-order valence-electron chi connectivity index (χ1n) is 13.3. The van der Waals surface area contributed by atoms with E-state index in [0.717, 1.165) is 53.7 Å². The molecule has 6 nitrogen and oxygen atoms in total. The average Bonchev–Trinajstić information content (AvgIpc) is 2.98. The van der Waals surface area contributed by atoms with Gasteiger partial charge in [0.2, 0.25) is 0 Å². The number of anilines is 2. The summed E-state index contributed by atoms with van der Waals surface area (Å²) in [5.41, 5.74) is 2.77. The molecule has 1 aliphatic heterocycles. The Morgan fingerprint density at radius 1 is 0.846 bits per heavy atom. The first kappa shape index (κ1) is 26.4. The molecular weight excluding hydrogens is 495 g/mol. The maximum Gasteiger partial charge on any atom is 0.255 e. The lowest BCUT2D eigenvalue weighted by Gasteiger charge is -2.29. The molecule has 0 atom stereocenters. The maximum absolute atomic E-state index is 14.5. The summed E-state index contributed by atoms with van der Waals surface area (Å²) >= 11 is 0. The summed E-state index contributed by atoms with van der Waals surface area (Å²) in [6.07, 6.45) is 4.02. The Labute approximate surface area is 228 Å². The molecular formula is C32H33FN2O4. The molecule has 1 fully saturated rings. The van der Waals surface area contributed by atoms with E-state index in [4.69, 9.17) is 14.2 Å². The van der Waals surface area contributed by atoms with Gasteiger partial charge in [0.1, 0.15) is 11.6 Å². The van der Waals surface area contributed by atoms with Crippen LogP contribution in [-0.2, 0) is 6.42 Å². The van der Waals surface area contributed by atoms with Crippen molar-refractivity contribution in [2.24, 2.45) is 0 Å². The van der Waals surface area contributed by atoms with Crippen molar-refractivity contribution >= 4 is 28.1 Å². The number of fused-ring (bicyclic) bond motifs is 1. The molecule has 1 N–H and O–H groups in total. The van der Waals surface area contributed by atoms with Gasteiger partial charge < -0.3 is 24.4 Å². The summed E-state index contributed by atoms with van der Waals surface area (Å²) in [7, 11) is 3.23. The highest BCUT2D eigenvalue weighted by Gasteiger charge is 2.17. The summed E-state index contributed by atoms with van der Waals surface area (Å²) < 4.78 is 31.3. The SMILES string of the molecule is COc1ccc(CCOc2ccc(NC(=O)c3cc(F)cc(N4CCCCC4)c3)c3ccccc23)cc1OC. The molecule has 0 radical (unpaired) electrons. The molecule has 0 bridgehead atoms. The van der Waals surface area contributed by atoms with Gasteiger partial charge in [0.15, 0.2) is 11.5 Å². The Morgan fingerprint density at radius 2 is 1.59 bits per heavy atom. The number of nitrogens with zero attached hydrogens (tertiary/aromatic N) is 1. The van der Waals surface area contributed by atoms with Crippen LogP contribution in [0.2, 0.25) is 0 Å². The van der Waals surface area contributed by atoms with Crippen LogP contribution in [0.4, 0.5) is 15.8 Å². The lowest BCUT2D eigenvalue weighted by atomic mass is 10.1. The molecule has 0 unspecified atom stereocenters. The van der Waals surface area contributed by atoms with E-state index in [0.29, 0.717) is 35.8 Å². The Hall–Kier alpha value is -4.26. The number of piperidine rings is 1. The van der Waals surface area contributed by atoms with Gasteiger partial charge in [-0.3, -0.25) is 4.79 Å². The number of ether oxygens (including phenoxy) is 3. The van der Waals surface area contributed by atoms with Gasteiger partial charge in [-0.15, -0.1) is 0 Å². The number of nitrogens with one attached hydrogen (secondary N) is 1. The van der Waals surface area contributed by atoms with Gasteiger partial charge >= 0.3 is 0 Å². The monoisotopic (exact) mass is 528 g/mol. The molecule has 4 aromatic rings. The number of carbonyl (C=O) groups is 1. The normalized spacial score (nSPS) is 13.3. The Kier molecular flexibility index (Phi) is 8.16. The molecule has 39 heavy (non-hydrogen) atoms. The van der Waals surface area contributed by atoms with E-state index >= 15 is 0 Å². The number of benzene rings is 4. The van der Waals surface area contributed by atoms with Crippen LogP contribution in [0.3, 0.4) is 0 Å². The molecule has 1 aliphatic rings. The van der Waals surface area contributed by atoms with Gasteiger partial charge in [0, 0.05) is 47.2 Å². The molecule has 0 aliphatic carbocycles. The minimum atomic E-state index is -0.411. The summed E-state index contributed by atoms with van der Waals surface area (Å²) in [6, 6.07) is 21.8. The number of methoxy groups -OCH3 is 2. The number of hydrogen-bond donors (Lipinski definition) is 1. The van der Waals surface area contributed by atoms with Crippen LogP contribution in [0, 0.1) is 5.82 Å². The highest BCUT2D eigenvalue weighted by atomic mass is 19.1. The van der Waals surface area contributed by atoms with Gasteiger partial charge in [0.05, 0.1) is 20.8 Å². The second kappa shape index (κ2) is 12.1. The fourth-order valence-electron chi connectivity index (χ4n) is 5.06. The second-order valence-corrected chi connectivity index (χ2v) is 9.64. The van der Waals surface area contributed by atoms with Gasteiger partial charge in [-0.05, 0) is 67.3 Å². The van der Waals surface area contributed by atoms with E-state index in [2.05, 4.69) is 10.2 Å². The first-order chi connectivity index (χ1) is 19.1. The number of amides is 1. The number of rotatable bonds is 9. The fourth-order valence-corrected chi connectivity index (χ4v) is 5.06. The summed E-state index contributed by atoms with van der Waals surface area (Å²) in [6.45, 7) is 2.22. The van der Waals surface area contributed by atoms with E-state index in [-0.39, 0.29) is 5.91 Å². The van der Waals surface area contributed by atoms with Crippen molar-refractivity contribution in [3.63, 3.8) is 0 Å². The van der Waals surface area contributed by atoms with Gasteiger partial charge in [-0.1, -0.05) is 30.3 Å². The van der Waals surface area contributed by atoms with Crippen molar-refractivity contribution in [2.45, 2.75) is 25.7 Å². The van der Waals surface area contributed by atoms with Crippen LogP contribution < -0.4 is 24.4 Å². The summed E-state index contributed by atoms with van der Waals surface area (Å²) in [5.74, 6) is 1.34. The molecule has 4 aromatic carbocycles. The molecule has 202 valence electrons. The molecule has 1 saturated heterocycles. The van der Waals surface area contributed by atoms with Crippen LogP contribution in [0.25, 0.3) is 10.8 Å². The Morgan fingerprint density at radius 3 is 2.36 bits per heavy atom. The largest absolute Gasteiger partial charge is 0.493 e. The minimum Gasteiger partial charge on any atom is -0.493 e. The van der Waals surface area contributed by atoms with Crippen molar-refractivity contribution in [2.75, 3.05) is 44.1 Å². The van der Waals surface area contributed by atoms with Crippen molar-refractivity contribution in [3.05, 3.63) is 89.7 Å². The Bertz CT molecular complexity index is 1470. The number of carbonyl (C=O) groups excluding carboxylic acids is 1. The van der Waals surface area contributed by atoms with Crippen LogP contribution in [0.5, 0.6) is 17.2 Å². The quantitative estimate of drug-likeness (QED) is 0.257. The topological polar surface area (TPSA) is 60.0 Å². The standard InChI is InChI=1S/C32H33FN2O4/c1-37-30-12-10-22(18-31(30)38-2)14-17-39-29-13-11-28(26-8-4-5-9-27(26)29)34-32(36)23-19-24(33)21-25(20-23)35-15-6-3-7-16-35/h4-5,8-13,18-21H,3,6-7,14-17H2,1-2H3,(H,34,36). The zero-order valence-electron chi connectivity index (χ0n) is 22.3. The highest BCUT2D eigenvalue weighted by molar-refractivity contribution is 6.10. The van der Waals surface area contributed by atoms with Crippen LogP contribution in [-0.4, -0.2) is 39.8 Å². The molecule has 1 heterocycles. The third-order valence-corrected chi connectivity index (χ3v) is 7.09. The molecule has 0 saturated carbocycles. The number of hydrogen-bond acceptors (Lipinski definition) is 5. The molecule has 0 spiro atoms. The lowest BCUT2D eigenvalue weighted by molar-refractivity contribution is 0.102. The summed E-state index contributed by atoms with van der Waals surface area (Å²) in [5, 5.41) is 4.72.